The molecule has 0 radical (unpaired) electrons. The molecule has 74 valence electrons. The minimum absolute atomic E-state index is 0.136. The van der Waals surface area contributed by atoms with Gasteiger partial charge in [0.05, 0.1) is 0 Å². The molecule has 0 atom stereocenters. The normalized spacial score (nSPS) is 13.1. The molecule has 0 amide bonds. The van der Waals surface area contributed by atoms with Crippen LogP contribution in [0.15, 0.2) is 10.3 Å². The molecule has 0 aromatic heterocycles. The zero-order valence-electron chi connectivity index (χ0n) is 7.82. The molecule has 5 nitrogen and oxygen atoms in total. The molecule has 2 N–H and O–H groups in total. The summed E-state index contributed by atoms with van der Waals surface area (Å²) in [4.78, 5) is 10.9. The summed E-state index contributed by atoms with van der Waals surface area (Å²) in [5, 5.41) is 22.7. The summed E-state index contributed by atoms with van der Waals surface area (Å²) in [5.74, 6) is -0.411. The van der Waals surface area contributed by atoms with Crippen molar-refractivity contribution in [1.82, 2.24) is 0 Å². The number of unbranched alkanes of at least 4 members (excludes halogenated alkanes) is 1. The van der Waals surface area contributed by atoms with Crippen LogP contribution in [0.4, 0.5) is 0 Å². The van der Waals surface area contributed by atoms with Gasteiger partial charge in [0.2, 0.25) is 0 Å². The lowest BCUT2D eigenvalue weighted by Crippen LogP contribution is -2.22. The fourth-order valence-electron chi connectivity index (χ4n) is 0.891. The highest BCUT2D eigenvalue weighted by Crippen LogP contribution is 2.00. The van der Waals surface area contributed by atoms with E-state index < -0.39 is 5.78 Å². The number of ketones is 1. The summed E-state index contributed by atoms with van der Waals surface area (Å²) >= 11 is 0. The van der Waals surface area contributed by atoms with E-state index in [4.69, 9.17) is 10.4 Å². The molecule has 0 aliphatic heterocycles. The first kappa shape index (κ1) is 11.6. The molecular formula is C8H14N2O3. The number of Topliss-reactive ketones (excluding diaryl/α,β-unsaturated/α-hetero) is 1. The van der Waals surface area contributed by atoms with Crippen LogP contribution in [0.1, 0.15) is 33.1 Å². The first-order chi connectivity index (χ1) is 6.17. The Morgan fingerprint density at radius 2 is 1.92 bits per heavy atom. The monoisotopic (exact) mass is 186 g/mol. The van der Waals surface area contributed by atoms with Crippen molar-refractivity contribution in [2.24, 2.45) is 10.3 Å². The van der Waals surface area contributed by atoms with Crippen molar-refractivity contribution in [3.63, 3.8) is 0 Å². The molecule has 5 heteroatoms. The quantitative estimate of drug-likeness (QED) is 0.387. The highest BCUT2D eigenvalue weighted by Gasteiger charge is 2.14. The smallest absolute Gasteiger partial charge is 0.183 e. The summed E-state index contributed by atoms with van der Waals surface area (Å²) in [5.41, 5.74) is -0.0344. The van der Waals surface area contributed by atoms with Crippen LogP contribution in [0.5, 0.6) is 0 Å². The van der Waals surface area contributed by atoms with Gasteiger partial charge < -0.3 is 10.4 Å². The summed E-state index contributed by atoms with van der Waals surface area (Å²) < 4.78 is 0. The van der Waals surface area contributed by atoms with Crippen LogP contribution in [0.25, 0.3) is 0 Å². The van der Waals surface area contributed by atoms with Gasteiger partial charge in [-0.05, 0) is 12.8 Å². The third-order valence-electron chi connectivity index (χ3n) is 1.59. The van der Waals surface area contributed by atoms with Crippen molar-refractivity contribution in [2.75, 3.05) is 0 Å². The molecule has 0 saturated heterocycles. The van der Waals surface area contributed by atoms with E-state index in [2.05, 4.69) is 10.3 Å². The Morgan fingerprint density at radius 3 is 2.23 bits per heavy atom. The standard InChI is InChI=1S/C8H14N2O3/c1-3-4-5-7(9-12)8(10-13)6(2)11/h12-13H,3-5H2,1-2H3. The van der Waals surface area contributed by atoms with Crippen molar-refractivity contribution < 1.29 is 15.2 Å². The molecule has 0 spiro atoms. The average molecular weight is 186 g/mol. The van der Waals surface area contributed by atoms with Gasteiger partial charge in [0, 0.05) is 6.92 Å². The van der Waals surface area contributed by atoms with Crippen LogP contribution in [0, 0.1) is 0 Å². The third kappa shape index (κ3) is 3.68. The largest absolute Gasteiger partial charge is 0.411 e. The maximum absolute atomic E-state index is 10.9. The number of rotatable bonds is 5. The Kier molecular flexibility index (Phi) is 5.50. The molecule has 0 aliphatic rings. The van der Waals surface area contributed by atoms with Gasteiger partial charge in [-0.2, -0.15) is 0 Å². The topological polar surface area (TPSA) is 82.2 Å². The molecule has 0 unspecified atom stereocenters. The van der Waals surface area contributed by atoms with Gasteiger partial charge in [-0.3, -0.25) is 4.79 Å². The molecule has 13 heavy (non-hydrogen) atoms. The first-order valence-electron chi connectivity index (χ1n) is 4.11. The fraction of sp³-hybridized carbons (Fsp3) is 0.625. The molecular weight excluding hydrogens is 172 g/mol. The molecule has 0 saturated carbocycles. The second-order valence-corrected chi connectivity index (χ2v) is 2.66. The fourth-order valence-corrected chi connectivity index (χ4v) is 0.891. The van der Waals surface area contributed by atoms with Gasteiger partial charge in [0.15, 0.2) is 11.5 Å². The van der Waals surface area contributed by atoms with E-state index in [-0.39, 0.29) is 11.4 Å². The summed E-state index contributed by atoms with van der Waals surface area (Å²) in [6.45, 7) is 3.23. The Balaban J connectivity index is 4.48. The number of carbonyl (C=O) groups is 1. The minimum atomic E-state index is -0.411. The van der Waals surface area contributed by atoms with Gasteiger partial charge in [0.25, 0.3) is 0 Å². The average Bonchev–Trinajstić information content (AvgIpc) is 2.11. The van der Waals surface area contributed by atoms with E-state index in [0.29, 0.717) is 6.42 Å². The zero-order chi connectivity index (χ0) is 10.3. The van der Waals surface area contributed by atoms with Gasteiger partial charge in [0.1, 0.15) is 5.71 Å². The highest BCUT2D eigenvalue weighted by molar-refractivity contribution is 6.66. The maximum Gasteiger partial charge on any atom is 0.183 e. The van der Waals surface area contributed by atoms with Gasteiger partial charge in [-0.25, -0.2) is 0 Å². The summed E-state index contributed by atoms with van der Waals surface area (Å²) in [6.07, 6.45) is 2.13. The minimum Gasteiger partial charge on any atom is -0.411 e. The number of hydrogen-bond acceptors (Lipinski definition) is 5. The zero-order valence-corrected chi connectivity index (χ0v) is 7.82. The van der Waals surface area contributed by atoms with E-state index >= 15 is 0 Å². The lowest BCUT2D eigenvalue weighted by molar-refractivity contribution is -0.111. The molecule has 0 aromatic carbocycles. The van der Waals surface area contributed by atoms with Crippen LogP contribution in [-0.4, -0.2) is 27.6 Å². The van der Waals surface area contributed by atoms with Crippen molar-refractivity contribution in [1.29, 1.82) is 0 Å². The molecule has 0 bridgehead atoms. The van der Waals surface area contributed by atoms with Crippen molar-refractivity contribution >= 4 is 17.2 Å². The Bertz CT molecular complexity index is 234. The molecule has 0 heterocycles. The van der Waals surface area contributed by atoms with Crippen molar-refractivity contribution in [3.05, 3.63) is 0 Å². The molecule has 0 rings (SSSR count). The number of oxime groups is 2. The van der Waals surface area contributed by atoms with Gasteiger partial charge >= 0.3 is 0 Å². The van der Waals surface area contributed by atoms with Crippen LogP contribution in [-0.2, 0) is 4.79 Å². The van der Waals surface area contributed by atoms with Crippen molar-refractivity contribution in [3.8, 4) is 0 Å². The second-order valence-electron chi connectivity index (χ2n) is 2.66. The SMILES string of the molecule is CCCCC(=NO)C(=NO)C(C)=O. The van der Waals surface area contributed by atoms with Crippen molar-refractivity contribution in [2.45, 2.75) is 33.1 Å². The van der Waals surface area contributed by atoms with E-state index in [9.17, 15) is 4.79 Å². The predicted molar refractivity (Wildman–Crippen MR) is 48.6 cm³/mol. The van der Waals surface area contributed by atoms with Gasteiger partial charge in [-0.1, -0.05) is 23.7 Å². The third-order valence-corrected chi connectivity index (χ3v) is 1.59. The predicted octanol–water partition coefficient (Wildman–Crippen LogP) is 1.43. The summed E-state index contributed by atoms with van der Waals surface area (Å²) in [7, 11) is 0. The lowest BCUT2D eigenvalue weighted by Gasteiger charge is -2.01. The van der Waals surface area contributed by atoms with E-state index in [1.165, 1.54) is 6.92 Å². The van der Waals surface area contributed by atoms with Crippen LogP contribution in [0.2, 0.25) is 0 Å². The first-order valence-corrected chi connectivity index (χ1v) is 4.11. The summed E-state index contributed by atoms with van der Waals surface area (Å²) in [6, 6.07) is 0. The maximum atomic E-state index is 10.9. The Labute approximate surface area is 76.7 Å². The van der Waals surface area contributed by atoms with Gasteiger partial charge in [-0.15, -0.1) is 0 Å². The molecule has 0 aromatic rings. The number of hydrogen-bond donors (Lipinski definition) is 2. The number of nitrogens with zero attached hydrogens (tertiary/aromatic N) is 2. The van der Waals surface area contributed by atoms with Crippen LogP contribution < -0.4 is 0 Å². The number of carbonyl (C=O) groups excluding carboxylic acids is 1. The van der Waals surface area contributed by atoms with E-state index in [1.54, 1.807) is 0 Å². The van der Waals surface area contributed by atoms with E-state index in [0.717, 1.165) is 12.8 Å². The van der Waals surface area contributed by atoms with Crippen LogP contribution in [0.3, 0.4) is 0 Å². The lowest BCUT2D eigenvalue weighted by atomic mass is 10.1. The Hall–Kier alpha value is -1.39. The van der Waals surface area contributed by atoms with E-state index in [1.807, 2.05) is 6.92 Å². The van der Waals surface area contributed by atoms with Crippen LogP contribution >= 0.6 is 0 Å². The Morgan fingerprint density at radius 1 is 1.31 bits per heavy atom. The molecule has 0 aliphatic carbocycles. The molecule has 0 fully saturated rings. The highest BCUT2D eigenvalue weighted by atomic mass is 16.4. The second kappa shape index (κ2) is 6.16.